The summed E-state index contributed by atoms with van der Waals surface area (Å²) in [6.07, 6.45) is 4.53. The van der Waals surface area contributed by atoms with Crippen LogP contribution in [0.15, 0.2) is 36.7 Å². The second-order valence-corrected chi connectivity index (χ2v) is 7.03. The minimum absolute atomic E-state index is 0.249. The number of benzene rings is 1. The van der Waals surface area contributed by atoms with Crippen LogP contribution in [0.3, 0.4) is 0 Å². The Hall–Kier alpha value is -2.18. The molecule has 2 N–H and O–H groups in total. The molecular weight excluding hydrogens is 302 g/mol. The quantitative estimate of drug-likeness (QED) is 0.773. The predicted octanol–water partition coefficient (Wildman–Crippen LogP) is 2.43. The van der Waals surface area contributed by atoms with Crippen molar-refractivity contribution >= 4 is 10.9 Å². The average Bonchev–Trinajstić information content (AvgIpc) is 3.26. The van der Waals surface area contributed by atoms with E-state index in [-0.39, 0.29) is 6.04 Å². The molecule has 1 aliphatic rings. The fourth-order valence-electron chi connectivity index (χ4n) is 3.49. The van der Waals surface area contributed by atoms with Gasteiger partial charge < -0.3 is 10.1 Å². The zero-order valence-electron chi connectivity index (χ0n) is 14.1. The van der Waals surface area contributed by atoms with E-state index in [9.17, 15) is 5.11 Å². The minimum atomic E-state index is -0.904. The molecule has 1 saturated heterocycles. The van der Waals surface area contributed by atoms with Crippen LogP contribution in [0.2, 0.25) is 0 Å². The van der Waals surface area contributed by atoms with Crippen LogP contribution in [0.1, 0.15) is 37.6 Å². The number of aromatic amines is 1. The van der Waals surface area contributed by atoms with Crippen LogP contribution in [-0.4, -0.2) is 43.1 Å². The highest BCUT2D eigenvalue weighted by molar-refractivity contribution is 5.82. The lowest BCUT2D eigenvalue weighted by atomic mass is 10.00. The number of nitrogens with one attached hydrogen (secondary N) is 1. The van der Waals surface area contributed by atoms with Crippen LogP contribution in [0.4, 0.5) is 0 Å². The van der Waals surface area contributed by atoms with E-state index < -0.39 is 5.60 Å². The molecule has 126 valence electrons. The molecule has 0 aliphatic carbocycles. The zero-order chi connectivity index (χ0) is 16.7. The Kier molecular flexibility index (Phi) is 3.66. The molecule has 2 aromatic heterocycles. The summed E-state index contributed by atoms with van der Waals surface area (Å²) in [5.41, 5.74) is 2.21. The Labute approximate surface area is 141 Å². The molecule has 3 aromatic rings. The smallest absolute Gasteiger partial charge is 0.124 e. The van der Waals surface area contributed by atoms with Crippen LogP contribution in [0.5, 0.6) is 0 Å². The molecule has 1 aliphatic heterocycles. The van der Waals surface area contributed by atoms with Crippen molar-refractivity contribution in [3.63, 3.8) is 0 Å². The molecule has 0 bridgehead atoms. The van der Waals surface area contributed by atoms with E-state index in [0.29, 0.717) is 18.7 Å². The van der Waals surface area contributed by atoms with E-state index in [4.69, 9.17) is 0 Å². The SMILES string of the molecule is CC(C)n1cc(C2(O)CCN(Cc3cccc4[nH]ccc34)C2)nn1. The Morgan fingerprint density at radius 2 is 2.21 bits per heavy atom. The Morgan fingerprint density at radius 1 is 1.33 bits per heavy atom. The maximum atomic E-state index is 11.0. The van der Waals surface area contributed by atoms with Gasteiger partial charge in [0.2, 0.25) is 0 Å². The van der Waals surface area contributed by atoms with Gasteiger partial charge in [-0.1, -0.05) is 17.3 Å². The molecule has 4 rings (SSSR count). The van der Waals surface area contributed by atoms with Crippen molar-refractivity contribution < 1.29 is 5.11 Å². The molecule has 1 aromatic carbocycles. The van der Waals surface area contributed by atoms with Gasteiger partial charge in [-0.3, -0.25) is 4.90 Å². The maximum absolute atomic E-state index is 11.0. The summed E-state index contributed by atoms with van der Waals surface area (Å²) in [7, 11) is 0. The van der Waals surface area contributed by atoms with Crippen LogP contribution >= 0.6 is 0 Å². The summed E-state index contributed by atoms with van der Waals surface area (Å²) in [5, 5.41) is 20.6. The van der Waals surface area contributed by atoms with Gasteiger partial charge >= 0.3 is 0 Å². The van der Waals surface area contributed by atoms with Crippen LogP contribution in [-0.2, 0) is 12.1 Å². The Balaban J connectivity index is 1.52. The third-order valence-electron chi connectivity index (χ3n) is 4.92. The highest BCUT2D eigenvalue weighted by Crippen LogP contribution is 2.32. The monoisotopic (exact) mass is 325 g/mol. The van der Waals surface area contributed by atoms with Crippen molar-refractivity contribution in [3.05, 3.63) is 47.9 Å². The topological polar surface area (TPSA) is 70.0 Å². The number of β-amino-alcohol motifs (C(OH)–C–C–N with tert-alkyl or cyclic N) is 1. The second-order valence-electron chi connectivity index (χ2n) is 7.03. The van der Waals surface area contributed by atoms with Gasteiger partial charge in [0.15, 0.2) is 0 Å². The fraction of sp³-hybridized carbons (Fsp3) is 0.444. The highest BCUT2D eigenvalue weighted by atomic mass is 16.3. The number of aliphatic hydroxyl groups is 1. The first-order chi connectivity index (χ1) is 11.5. The first-order valence-corrected chi connectivity index (χ1v) is 8.47. The summed E-state index contributed by atoms with van der Waals surface area (Å²) in [6, 6.07) is 8.68. The zero-order valence-corrected chi connectivity index (χ0v) is 14.1. The number of nitrogens with zero attached hydrogens (tertiary/aromatic N) is 4. The number of likely N-dealkylation sites (tertiary alicyclic amines) is 1. The molecule has 1 fully saturated rings. The van der Waals surface area contributed by atoms with Crippen LogP contribution in [0.25, 0.3) is 10.9 Å². The summed E-state index contributed by atoms with van der Waals surface area (Å²) < 4.78 is 1.80. The number of hydrogen-bond acceptors (Lipinski definition) is 4. The lowest BCUT2D eigenvalue weighted by Crippen LogP contribution is -2.31. The van der Waals surface area contributed by atoms with Gasteiger partial charge in [0.25, 0.3) is 0 Å². The number of fused-ring (bicyclic) bond motifs is 1. The molecule has 6 nitrogen and oxygen atoms in total. The van der Waals surface area contributed by atoms with Crippen molar-refractivity contribution in [2.45, 2.75) is 38.5 Å². The summed E-state index contributed by atoms with van der Waals surface area (Å²) in [5.74, 6) is 0. The predicted molar refractivity (Wildman–Crippen MR) is 92.5 cm³/mol. The molecule has 0 radical (unpaired) electrons. The lowest BCUT2D eigenvalue weighted by Gasteiger charge is -2.21. The van der Waals surface area contributed by atoms with Gasteiger partial charge in [0, 0.05) is 42.8 Å². The van der Waals surface area contributed by atoms with Crippen molar-refractivity contribution in [2.24, 2.45) is 0 Å². The molecule has 1 atom stereocenters. The van der Waals surface area contributed by atoms with E-state index in [1.165, 1.54) is 10.9 Å². The van der Waals surface area contributed by atoms with E-state index in [2.05, 4.69) is 58.3 Å². The minimum Gasteiger partial charge on any atom is -0.382 e. The Bertz CT molecular complexity index is 852. The van der Waals surface area contributed by atoms with Crippen molar-refractivity contribution in [1.29, 1.82) is 0 Å². The molecule has 0 spiro atoms. The normalized spacial score (nSPS) is 22.0. The summed E-state index contributed by atoms with van der Waals surface area (Å²) in [4.78, 5) is 5.54. The highest BCUT2D eigenvalue weighted by Gasteiger charge is 2.40. The molecule has 3 heterocycles. The van der Waals surface area contributed by atoms with E-state index in [1.807, 2.05) is 12.4 Å². The number of hydrogen-bond donors (Lipinski definition) is 2. The van der Waals surface area contributed by atoms with Gasteiger partial charge in [0.1, 0.15) is 11.3 Å². The van der Waals surface area contributed by atoms with Gasteiger partial charge in [-0.15, -0.1) is 5.10 Å². The maximum Gasteiger partial charge on any atom is 0.124 e. The third-order valence-corrected chi connectivity index (χ3v) is 4.92. The first kappa shape index (κ1) is 15.4. The average molecular weight is 325 g/mol. The van der Waals surface area contributed by atoms with Crippen molar-refractivity contribution in [2.75, 3.05) is 13.1 Å². The van der Waals surface area contributed by atoms with Gasteiger partial charge in [-0.25, -0.2) is 4.68 Å². The van der Waals surface area contributed by atoms with Crippen LogP contribution in [0, 0.1) is 0 Å². The molecule has 0 amide bonds. The summed E-state index contributed by atoms with van der Waals surface area (Å²) >= 11 is 0. The van der Waals surface area contributed by atoms with E-state index in [0.717, 1.165) is 18.6 Å². The third kappa shape index (κ3) is 2.61. The standard InChI is InChI=1S/C18H23N5O/c1-13(2)23-11-17(20-21-23)18(24)7-9-22(12-18)10-14-4-3-5-16-15(14)6-8-19-16/h3-6,8,11,13,19,24H,7,9-10,12H2,1-2H3. The van der Waals surface area contributed by atoms with E-state index in [1.54, 1.807) is 4.68 Å². The lowest BCUT2D eigenvalue weighted by molar-refractivity contribution is 0.0408. The number of aromatic nitrogens is 4. The molecular formula is C18H23N5O. The van der Waals surface area contributed by atoms with Gasteiger partial charge in [-0.2, -0.15) is 0 Å². The first-order valence-electron chi connectivity index (χ1n) is 8.47. The largest absolute Gasteiger partial charge is 0.382 e. The van der Waals surface area contributed by atoms with Crippen molar-refractivity contribution in [3.8, 4) is 0 Å². The second kappa shape index (κ2) is 5.72. The summed E-state index contributed by atoms with van der Waals surface area (Å²) in [6.45, 7) is 6.38. The van der Waals surface area contributed by atoms with Crippen molar-refractivity contribution in [1.82, 2.24) is 24.9 Å². The van der Waals surface area contributed by atoms with Crippen LogP contribution < -0.4 is 0 Å². The molecule has 24 heavy (non-hydrogen) atoms. The number of H-pyrrole nitrogens is 1. The van der Waals surface area contributed by atoms with Gasteiger partial charge in [-0.05, 0) is 38.0 Å². The van der Waals surface area contributed by atoms with E-state index >= 15 is 0 Å². The fourth-order valence-corrected chi connectivity index (χ4v) is 3.49. The number of rotatable bonds is 4. The molecule has 0 saturated carbocycles. The van der Waals surface area contributed by atoms with Gasteiger partial charge in [0.05, 0.1) is 6.20 Å². The molecule has 6 heteroatoms. The Morgan fingerprint density at radius 3 is 3.00 bits per heavy atom. The molecule has 1 unspecified atom stereocenters.